The third kappa shape index (κ3) is 13.4. The number of nitrogens with one attached hydrogen (secondary N) is 2. The Hall–Kier alpha value is -4.22. The molecule has 308 valence electrons. The van der Waals surface area contributed by atoms with E-state index in [0.717, 1.165) is 40.6 Å². The van der Waals surface area contributed by atoms with Crippen LogP contribution in [0.25, 0.3) is 11.3 Å². The summed E-state index contributed by atoms with van der Waals surface area (Å²) in [6.07, 6.45) is 6.99. The van der Waals surface area contributed by atoms with Crippen LogP contribution in [0.5, 0.6) is 5.88 Å². The van der Waals surface area contributed by atoms with Crippen LogP contribution in [0.15, 0.2) is 87.9 Å². The molecule has 0 saturated carbocycles. The van der Waals surface area contributed by atoms with E-state index < -0.39 is 40.5 Å². The van der Waals surface area contributed by atoms with Gasteiger partial charge in [-0.05, 0) is 87.4 Å². The van der Waals surface area contributed by atoms with Gasteiger partial charge in [-0.15, -0.1) is 0 Å². The molecule has 1 saturated heterocycles. The van der Waals surface area contributed by atoms with Gasteiger partial charge in [-0.3, -0.25) is 11.1 Å². The number of benzene rings is 2. The molecule has 3 N–H and O–H groups in total. The Kier molecular flexibility index (Phi) is 16.7. The van der Waals surface area contributed by atoms with E-state index in [2.05, 4.69) is 52.9 Å². The van der Waals surface area contributed by atoms with Gasteiger partial charge in [0.1, 0.15) is 6.61 Å². The number of aromatic nitrogens is 2. The number of aromatic carboxylic acids is 1. The summed E-state index contributed by atoms with van der Waals surface area (Å²) in [6.45, 7) is 11.6. The van der Waals surface area contributed by atoms with Gasteiger partial charge in [0.25, 0.3) is 10.0 Å². The molecule has 0 amide bonds. The SMILES string of the molecule is CC1=N\C([C@@H]2CCC[C@@H](CC(F)(F)F)[C@H](COc3cc(-c4c(C)cccc4C)nc(NS(=O)(=O)c4cccc(C(=O)O)c4)n3)N2)=C/CC/C=C\1C=[C-]C(C)(C)C.[CH3-].[Li+]. The van der Waals surface area contributed by atoms with E-state index in [1.54, 1.807) is 0 Å². The Labute approximate surface area is 352 Å². The molecule has 3 atom stereocenters. The minimum Gasteiger partial charge on any atom is -0.478 e. The standard InChI is InChI=1S/C42H49F3N5O5S.CH3.Li/c1-26-12-9-13-27(2)38(26)35-23-37(49-40(48-35)50-56(53,54)32-17-10-15-30(22-32)39(51)52)55-25-36-31(24-42(43,44)45)16-11-19-34(47-36)33-18-8-7-14-29(28(3)46-33)20-21-41(4,5)6;;/h9-10,12-15,17-18,20,22-23,31,34,36,47H,7-8,11,16,19,24-25H2,1-6H3,(H,51,52)(H,48,49,50);1H3;/q2*-1;+1/b29-14-,33-18-,46-28+;;/t31-,34-,36-;;/m0../s1. The fraction of sp³-hybridized carbons (Fsp3) is 0.419. The van der Waals surface area contributed by atoms with Crippen LogP contribution in [0, 0.1) is 38.7 Å². The van der Waals surface area contributed by atoms with E-state index in [1.165, 1.54) is 24.3 Å². The molecule has 3 aromatic rings. The molecule has 5 rings (SSSR count). The molecule has 10 nitrogen and oxygen atoms in total. The van der Waals surface area contributed by atoms with Crippen LogP contribution in [-0.2, 0) is 10.0 Å². The average molecular weight is 815 g/mol. The Morgan fingerprint density at radius 3 is 2.34 bits per heavy atom. The van der Waals surface area contributed by atoms with Gasteiger partial charge in [-0.2, -0.15) is 29.8 Å². The summed E-state index contributed by atoms with van der Waals surface area (Å²) >= 11 is 0. The largest absolute Gasteiger partial charge is 1.00 e. The van der Waals surface area contributed by atoms with Crippen molar-refractivity contribution < 1.29 is 55.1 Å². The number of aryl methyl sites for hydroxylation is 2. The second-order valence-corrected chi connectivity index (χ2v) is 17.1. The normalized spacial score (nSPS) is 21.9. The molecule has 0 unspecified atom stereocenters. The molecule has 1 aromatic heterocycles. The first-order chi connectivity index (χ1) is 26.3. The first-order valence-corrected chi connectivity index (χ1v) is 20.1. The molecule has 3 heterocycles. The second kappa shape index (κ2) is 20.2. The zero-order valence-corrected chi connectivity index (χ0v) is 35.3. The van der Waals surface area contributed by atoms with Crippen molar-refractivity contribution in [2.24, 2.45) is 16.3 Å². The molecular formula is C43H52F3LiN5O5S-. The fourth-order valence-corrected chi connectivity index (χ4v) is 7.85. The van der Waals surface area contributed by atoms with Crippen molar-refractivity contribution in [3.8, 4) is 17.1 Å². The number of carboxylic acids is 1. The van der Waals surface area contributed by atoms with E-state index >= 15 is 0 Å². The van der Waals surface area contributed by atoms with Gasteiger partial charge in [-0.1, -0.05) is 62.9 Å². The Morgan fingerprint density at radius 1 is 1.02 bits per heavy atom. The minimum atomic E-state index is -4.41. The number of carboxylic acid groups (broad SMARTS) is 1. The maximum Gasteiger partial charge on any atom is 1.00 e. The van der Waals surface area contributed by atoms with Gasteiger partial charge >= 0.3 is 31.0 Å². The number of nitrogens with zero attached hydrogens (tertiary/aromatic N) is 3. The van der Waals surface area contributed by atoms with Gasteiger partial charge in [-0.25, -0.2) is 29.0 Å². The topological polar surface area (TPSA) is 143 Å². The Bertz CT molecular complexity index is 2140. The predicted molar refractivity (Wildman–Crippen MR) is 218 cm³/mol. The summed E-state index contributed by atoms with van der Waals surface area (Å²) < 4.78 is 77.5. The molecule has 0 spiro atoms. The number of alkyl halides is 3. The summed E-state index contributed by atoms with van der Waals surface area (Å²) in [5, 5.41) is 12.9. The molecular weight excluding hydrogens is 763 g/mol. The number of allylic oxidation sites excluding steroid dienone is 5. The summed E-state index contributed by atoms with van der Waals surface area (Å²) in [7, 11) is -4.38. The summed E-state index contributed by atoms with van der Waals surface area (Å²) in [6, 6.07) is 10.9. The van der Waals surface area contributed by atoms with Crippen LogP contribution in [0.1, 0.15) is 87.7 Å². The fourth-order valence-electron chi connectivity index (χ4n) is 6.86. The number of halogens is 3. The van der Waals surface area contributed by atoms with Crippen molar-refractivity contribution in [2.45, 2.75) is 103 Å². The van der Waals surface area contributed by atoms with Crippen molar-refractivity contribution in [2.75, 3.05) is 11.3 Å². The zero-order chi connectivity index (χ0) is 40.8. The van der Waals surface area contributed by atoms with E-state index in [9.17, 15) is 31.5 Å². The first-order valence-electron chi connectivity index (χ1n) is 18.6. The molecule has 2 aliphatic heterocycles. The number of carbonyl (C=O) groups is 1. The van der Waals surface area contributed by atoms with Crippen molar-refractivity contribution in [3.63, 3.8) is 0 Å². The molecule has 0 bridgehead atoms. The van der Waals surface area contributed by atoms with Gasteiger partial charge < -0.3 is 22.6 Å². The third-order valence-corrected chi connectivity index (χ3v) is 11.0. The number of hydrogen-bond donors (Lipinski definition) is 3. The Balaban J connectivity index is 0.00000450. The quantitative estimate of drug-likeness (QED) is 0.145. The number of aliphatic imine (C=N–C) groups is 1. The smallest absolute Gasteiger partial charge is 0.478 e. The molecule has 2 aliphatic rings. The second-order valence-electron chi connectivity index (χ2n) is 15.4. The third-order valence-electron chi connectivity index (χ3n) is 9.63. The predicted octanol–water partition coefficient (Wildman–Crippen LogP) is 6.64. The van der Waals surface area contributed by atoms with Crippen molar-refractivity contribution in [1.82, 2.24) is 15.3 Å². The minimum absolute atomic E-state index is 0. The average Bonchev–Trinajstić information content (AvgIpc) is 3.29. The maximum atomic E-state index is 14.0. The number of sulfonamides is 1. The van der Waals surface area contributed by atoms with Gasteiger partial charge in [0.2, 0.25) is 11.8 Å². The monoisotopic (exact) mass is 814 g/mol. The number of rotatable bonds is 11. The van der Waals surface area contributed by atoms with E-state index in [-0.39, 0.29) is 66.6 Å². The number of ether oxygens (including phenoxy) is 1. The van der Waals surface area contributed by atoms with E-state index in [0.29, 0.717) is 36.9 Å². The van der Waals surface area contributed by atoms with E-state index in [1.807, 2.05) is 51.1 Å². The van der Waals surface area contributed by atoms with Crippen molar-refractivity contribution in [1.29, 1.82) is 0 Å². The summed E-state index contributed by atoms with van der Waals surface area (Å²) in [5.74, 6) is -2.53. The van der Waals surface area contributed by atoms with Crippen molar-refractivity contribution in [3.05, 3.63) is 108 Å². The molecule has 0 radical (unpaired) electrons. The first kappa shape index (κ1) is 48.1. The molecule has 58 heavy (non-hydrogen) atoms. The maximum absolute atomic E-state index is 14.0. The number of hydrogen-bond acceptors (Lipinski definition) is 8. The molecule has 15 heteroatoms. The van der Waals surface area contributed by atoms with E-state index in [4.69, 9.17) is 9.73 Å². The molecule has 0 aliphatic carbocycles. The van der Waals surface area contributed by atoms with Gasteiger partial charge in [0.15, 0.2) is 0 Å². The Morgan fingerprint density at radius 2 is 1.69 bits per heavy atom. The van der Waals surface area contributed by atoms with Crippen LogP contribution in [0.2, 0.25) is 0 Å². The molecule has 2 aromatic carbocycles. The van der Waals surface area contributed by atoms with Crippen LogP contribution < -0.4 is 33.6 Å². The van der Waals surface area contributed by atoms with Crippen LogP contribution in [0.3, 0.4) is 0 Å². The zero-order valence-electron chi connectivity index (χ0n) is 34.5. The molecule has 1 fully saturated rings. The summed E-state index contributed by atoms with van der Waals surface area (Å²) in [5.41, 5.74) is 4.84. The van der Waals surface area contributed by atoms with Crippen LogP contribution in [-0.4, -0.2) is 60.0 Å². The number of anilines is 1. The van der Waals surface area contributed by atoms with Crippen LogP contribution in [0.4, 0.5) is 19.1 Å². The summed E-state index contributed by atoms with van der Waals surface area (Å²) in [4.78, 5) is 25.0. The van der Waals surface area contributed by atoms with Gasteiger partial charge in [0, 0.05) is 30.1 Å². The van der Waals surface area contributed by atoms with Crippen molar-refractivity contribution >= 4 is 27.7 Å². The van der Waals surface area contributed by atoms with Crippen LogP contribution >= 0.6 is 0 Å². The van der Waals surface area contributed by atoms with Gasteiger partial charge in [0.05, 0.1) is 21.8 Å².